The molecule has 2 saturated heterocycles. The van der Waals surface area contributed by atoms with Crippen molar-refractivity contribution in [3.05, 3.63) is 28.2 Å². The summed E-state index contributed by atoms with van der Waals surface area (Å²) in [7, 11) is -3.72. The first-order valence-electron chi connectivity index (χ1n) is 9.95. The largest absolute Gasteiger partial charge is 0.339 e. The Morgan fingerprint density at radius 1 is 1.03 bits per heavy atom. The minimum Gasteiger partial charge on any atom is -0.339 e. The Kier molecular flexibility index (Phi) is 7.46. The van der Waals surface area contributed by atoms with Crippen LogP contribution < -0.4 is 0 Å². The monoisotopic (exact) mass is 462 g/mol. The fraction of sp³-hybridized carbons (Fsp3) is 0.632. The molecule has 162 valence electrons. The Morgan fingerprint density at radius 3 is 2.24 bits per heavy atom. The van der Waals surface area contributed by atoms with E-state index >= 15 is 0 Å². The van der Waals surface area contributed by atoms with E-state index in [1.54, 1.807) is 12.1 Å². The van der Waals surface area contributed by atoms with Gasteiger partial charge in [-0.05, 0) is 25.6 Å². The number of amides is 1. The van der Waals surface area contributed by atoms with E-state index in [9.17, 15) is 13.2 Å². The van der Waals surface area contributed by atoms with Crippen LogP contribution in [0.4, 0.5) is 0 Å². The first kappa shape index (κ1) is 22.8. The molecule has 10 heteroatoms. The Morgan fingerprint density at radius 2 is 1.66 bits per heavy atom. The number of benzene rings is 1. The normalized spacial score (nSPS) is 21.3. The lowest BCUT2D eigenvalue weighted by Gasteiger charge is -2.40. The van der Waals surface area contributed by atoms with E-state index in [0.29, 0.717) is 26.2 Å². The highest BCUT2D eigenvalue weighted by Crippen LogP contribution is 2.31. The number of hydrogen-bond donors (Lipinski definition) is 0. The standard InChI is InChI=1S/C19H28Cl2N4O3S/c1-3-22-7-9-24(10-8-22)19(26)15(2)23-11-13-25(14-12-23)29(27,28)17-6-4-5-16(20)18(17)21/h4-6,15H,3,7-14H2,1-2H3. The second-order valence-electron chi connectivity index (χ2n) is 7.43. The molecule has 2 aliphatic rings. The van der Waals surface area contributed by atoms with Crippen molar-refractivity contribution in [1.29, 1.82) is 0 Å². The molecule has 3 rings (SSSR count). The third-order valence-electron chi connectivity index (χ3n) is 5.84. The van der Waals surface area contributed by atoms with Crippen LogP contribution in [0.5, 0.6) is 0 Å². The van der Waals surface area contributed by atoms with Crippen LogP contribution in [0.15, 0.2) is 23.1 Å². The van der Waals surface area contributed by atoms with Gasteiger partial charge in [-0.25, -0.2) is 8.42 Å². The summed E-state index contributed by atoms with van der Waals surface area (Å²) in [5, 5.41) is 0.264. The number of hydrogen-bond acceptors (Lipinski definition) is 5. The molecule has 2 aliphatic heterocycles. The van der Waals surface area contributed by atoms with E-state index in [0.717, 1.165) is 32.7 Å². The van der Waals surface area contributed by atoms with E-state index in [4.69, 9.17) is 23.2 Å². The second-order valence-corrected chi connectivity index (χ2v) is 10.1. The molecule has 0 aliphatic carbocycles. The molecule has 0 radical (unpaired) electrons. The Balaban J connectivity index is 1.60. The lowest BCUT2D eigenvalue weighted by Crippen LogP contribution is -2.57. The number of halogens is 2. The maximum absolute atomic E-state index is 13.0. The third-order valence-corrected chi connectivity index (χ3v) is 8.72. The lowest BCUT2D eigenvalue weighted by atomic mass is 10.2. The van der Waals surface area contributed by atoms with Crippen LogP contribution in [0.1, 0.15) is 13.8 Å². The van der Waals surface area contributed by atoms with E-state index < -0.39 is 10.0 Å². The Bertz CT molecular complexity index is 836. The highest BCUT2D eigenvalue weighted by molar-refractivity contribution is 7.89. The predicted molar refractivity (Wildman–Crippen MR) is 115 cm³/mol. The second kappa shape index (κ2) is 9.49. The van der Waals surface area contributed by atoms with Crippen LogP contribution >= 0.6 is 23.2 Å². The topological polar surface area (TPSA) is 64.2 Å². The summed E-state index contributed by atoms with van der Waals surface area (Å²) in [4.78, 5) is 19.2. The smallest absolute Gasteiger partial charge is 0.244 e. The maximum Gasteiger partial charge on any atom is 0.244 e. The highest BCUT2D eigenvalue weighted by atomic mass is 35.5. The van der Waals surface area contributed by atoms with Gasteiger partial charge >= 0.3 is 0 Å². The summed E-state index contributed by atoms with van der Waals surface area (Å²) in [5.41, 5.74) is 0. The van der Waals surface area contributed by atoms with E-state index in [1.165, 1.54) is 10.4 Å². The molecule has 0 aromatic heterocycles. The number of likely N-dealkylation sites (N-methyl/N-ethyl adjacent to an activating group) is 1. The Labute approximate surface area is 183 Å². The van der Waals surface area contributed by atoms with Gasteiger partial charge in [0.05, 0.1) is 16.1 Å². The van der Waals surface area contributed by atoms with Gasteiger partial charge in [0.15, 0.2) is 0 Å². The fourth-order valence-corrected chi connectivity index (χ4v) is 6.02. The van der Waals surface area contributed by atoms with Gasteiger partial charge in [-0.15, -0.1) is 0 Å². The molecule has 1 aromatic rings. The van der Waals surface area contributed by atoms with Crippen molar-refractivity contribution < 1.29 is 13.2 Å². The molecule has 2 fully saturated rings. The molecule has 2 heterocycles. The average Bonchev–Trinajstić information content (AvgIpc) is 2.74. The van der Waals surface area contributed by atoms with Crippen molar-refractivity contribution in [2.24, 2.45) is 0 Å². The molecule has 0 saturated carbocycles. The van der Waals surface area contributed by atoms with Crippen LogP contribution in [0.3, 0.4) is 0 Å². The molecule has 0 N–H and O–H groups in total. The van der Waals surface area contributed by atoms with Crippen molar-refractivity contribution in [2.75, 3.05) is 58.9 Å². The average molecular weight is 463 g/mol. The van der Waals surface area contributed by atoms with Crippen LogP contribution in [-0.4, -0.2) is 98.3 Å². The summed E-state index contributed by atoms with van der Waals surface area (Å²) in [6.45, 7) is 9.97. The minimum atomic E-state index is -3.72. The van der Waals surface area contributed by atoms with Gasteiger partial charge < -0.3 is 9.80 Å². The summed E-state index contributed by atoms with van der Waals surface area (Å²) in [6, 6.07) is 4.35. The van der Waals surface area contributed by atoms with Gasteiger partial charge in [-0.3, -0.25) is 9.69 Å². The van der Waals surface area contributed by atoms with Crippen LogP contribution in [0.25, 0.3) is 0 Å². The number of sulfonamides is 1. The Hall–Kier alpha value is -0.900. The summed E-state index contributed by atoms with van der Waals surface area (Å²) in [5.74, 6) is 0.120. The molecule has 1 unspecified atom stereocenters. The summed E-state index contributed by atoms with van der Waals surface area (Å²) >= 11 is 12.1. The molecule has 0 spiro atoms. The zero-order valence-electron chi connectivity index (χ0n) is 16.9. The first-order chi connectivity index (χ1) is 13.8. The van der Waals surface area contributed by atoms with Crippen LogP contribution in [0.2, 0.25) is 10.0 Å². The molecule has 29 heavy (non-hydrogen) atoms. The SMILES string of the molecule is CCN1CCN(C(=O)C(C)N2CCN(S(=O)(=O)c3cccc(Cl)c3Cl)CC2)CC1. The molecule has 1 amide bonds. The number of nitrogens with zero attached hydrogens (tertiary/aromatic N) is 4. The molecular weight excluding hydrogens is 435 g/mol. The van der Waals surface area contributed by atoms with Crippen LogP contribution in [-0.2, 0) is 14.8 Å². The van der Waals surface area contributed by atoms with Gasteiger partial charge in [0, 0.05) is 52.4 Å². The number of carbonyl (C=O) groups is 1. The number of piperazine rings is 2. The number of carbonyl (C=O) groups excluding carboxylic acids is 1. The first-order valence-corrected chi connectivity index (χ1v) is 12.1. The molecule has 7 nitrogen and oxygen atoms in total. The van der Waals surface area contributed by atoms with E-state index in [-0.39, 0.29) is 26.9 Å². The zero-order chi connectivity index (χ0) is 21.2. The van der Waals surface area contributed by atoms with Crippen molar-refractivity contribution in [3.63, 3.8) is 0 Å². The quantitative estimate of drug-likeness (QED) is 0.667. The van der Waals surface area contributed by atoms with Gasteiger partial charge in [0.2, 0.25) is 15.9 Å². The van der Waals surface area contributed by atoms with Crippen LogP contribution in [0, 0.1) is 0 Å². The zero-order valence-corrected chi connectivity index (χ0v) is 19.2. The van der Waals surface area contributed by atoms with E-state index in [2.05, 4.69) is 16.7 Å². The predicted octanol–water partition coefficient (Wildman–Crippen LogP) is 1.85. The van der Waals surface area contributed by atoms with Crippen molar-refractivity contribution in [2.45, 2.75) is 24.8 Å². The lowest BCUT2D eigenvalue weighted by molar-refractivity contribution is -0.138. The van der Waals surface area contributed by atoms with Gasteiger partial charge in [-0.1, -0.05) is 36.2 Å². The maximum atomic E-state index is 13.0. The van der Waals surface area contributed by atoms with Gasteiger partial charge in [0.25, 0.3) is 0 Å². The highest BCUT2D eigenvalue weighted by Gasteiger charge is 2.34. The molecule has 1 aromatic carbocycles. The van der Waals surface area contributed by atoms with Crippen molar-refractivity contribution in [3.8, 4) is 0 Å². The van der Waals surface area contributed by atoms with Crippen molar-refractivity contribution >= 4 is 39.1 Å². The fourth-order valence-electron chi connectivity index (χ4n) is 3.86. The van der Waals surface area contributed by atoms with Crippen molar-refractivity contribution in [1.82, 2.24) is 19.0 Å². The minimum absolute atomic E-state index is 0.0260. The summed E-state index contributed by atoms with van der Waals surface area (Å²) < 4.78 is 27.3. The number of rotatable bonds is 5. The van der Waals surface area contributed by atoms with E-state index in [1.807, 2.05) is 11.8 Å². The third kappa shape index (κ3) is 4.89. The summed E-state index contributed by atoms with van der Waals surface area (Å²) in [6.07, 6.45) is 0. The molecular formula is C19H28Cl2N4O3S. The van der Waals surface area contributed by atoms with Gasteiger partial charge in [-0.2, -0.15) is 4.31 Å². The molecule has 1 atom stereocenters. The van der Waals surface area contributed by atoms with Gasteiger partial charge in [0.1, 0.15) is 4.90 Å². The molecule has 0 bridgehead atoms.